The van der Waals surface area contributed by atoms with Crippen LogP contribution in [-0.2, 0) is 9.59 Å². The standard InChI is InChI=1S/C12H19NO5.K/c1-2-3-4-5-6-10(14)13-9(12(17)18)7-8-11(15)16;/h2-3,9H,4-8H2,1H3,(H,13,14)(H,15,16)(H,17,18);/q;+1/p-1/b3-2+;/t9-;/m0./s1. The Balaban J connectivity index is 0. The number of aliphatic carboxylic acids is 2. The molecule has 0 rings (SSSR count). The maximum Gasteiger partial charge on any atom is 1.00 e. The molecule has 102 valence electrons. The number of unbranched alkanes of at least 4 members (excludes halogenated alkanes) is 1. The van der Waals surface area contributed by atoms with Crippen LogP contribution >= 0.6 is 0 Å². The molecule has 0 saturated heterocycles. The van der Waals surface area contributed by atoms with Gasteiger partial charge in [0, 0.05) is 6.42 Å². The summed E-state index contributed by atoms with van der Waals surface area (Å²) in [6, 6.07) is -1.25. The van der Waals surface area contributed by atoms with Crippen molar-refractivity contribution in [1.29, 1.82) is 0 Å². The van der Waals surface area contributed by atoms with Crippen molar-refractivity contribution in [2.75, 3.05) is 0 Å². The molecule has 0 saturated carbocycles. The molecular weight excluding hydrogens is 277 g/mol. The van der Waals surface area contributed by atoms with Crippen LogP contribution in [0.1, 0.15) is 39.0 Å². The number of carboxylic acids is 2. The fourth-order valence-electron chi connectivity index (χ4n) is 1.28. The third kappa shape index (κ3) is 12.6. The van der Waals surface area contributed by atoms with Gasteiger partial charge in [-0.25, -0.2) is 4.79 Å². The van der Waals surface area contributed by atoms with Gasteiger partial charge in [0.15, 0.2) is 0 Å². The number of hydrogen-bond donors (Lipinski definition) is 2. The molecule has 0 aliphatic rings. The number of rotatable bonds is 9. The second-order valence-electron chi connectivity index (χ2n) is 3.77. The van der Waals surface area contributed by atoms with Crippen LogP contribution in [0.3, 0.4) is 0 Å². The molecule has 0 bridgehead atoms. The molecule has 2 N–H and O–H groups in total. The van der Waals surface area contributed by atoms with Crippen molar-refractivity contribution in [1.82, 2.24) is 0 Å². The Kier molecular flexibility index (Phi) is 14.2. The molecule has 0 radical (unpaired) electrons. The second kappa shape index (κ2) is 12.8. The van der Waals surface area contributed by atoms with E-state index in [1.165, 1.54) is 0 Å². The van der Waals surface area contributed by atoms with Crippen molar-refractivity contribution in [3.05, 3.63) is 12.2 Å². The molecule has 0 aliphatic carbocycles. The van der Waals surface area contributed by atoms with Crippen molar-refractivity contribution >= 4 is 17.8 Å². The Labute approximate surface area is 155 Å². The summed E-state index contributed by atoms with van der Waals surface area (Å²) in [6.07, 6.45) is 4.84. The fraction of sp³-hybridized carbons (Fsp3) is 0.583. The van der Waals surface area contributed by atoms with Crippen LogP contribution in [0.2, 0.25) is 0 Å². The van der Waals surface area contributed by atoms with E-state index in [1.807, 2.05) is 19.1 Å². The summed E-state index contributed by atoms with van der Waals surface area (Å²) in [5.74, 6) is -2.85. The Morgan fingerprint density at radius 3 is 2.42 bits per heavy atom. The zero-order chi connectivity index (χ0) is 14.0. The summed E-state index contributed by atoms with van der Waals surface area (Å²) >= 11 is 0. The third-order valence-corrected chi connectivity index (χ3v) is 2.21. The van der Waals surface area contributed by atoms with Gasteiger partial charge in [-0.1, -0.05) is 12.2 Å². The molecule has 0 heterocycles. The molecule has 0 aromatic heterocycles. The topological polar surface area (TPSA) is 110 Å². The van der Waals surface area contributed by atoms with E-state index in [0.29, 0.717) is 6.42 Å². The molecular formula is C12H18KNO5. The molecule has 0 unspecified atom stereocenters. The summed E-state index contributed by atoms with van der Waals surface area (Å²) in [6.45, 7) is 1.87. The quantitative estimate of drug-likeness (QED) is 0.165. The molecule has 0 spiro atoms. The van der Waals surface area contributed by atoms with E-state index >= 15 is 0 Å². The van der Waals surface area contributed by atoms with Crippen LogP contribution in [0, 0.1) is 0 Å². The Morgan fingerprint density at radius 2 is 1.95 bits per heavy atom. The minimum Gasteiger partial charge on any atom is -0.862 e. The normalized spacial score (nSPS) is 13.0. The maximum atomic E-state index is 11.4. The summed E-state index contributed by atoms with van der Waals surface area (Å²) in [5.41, 5.74) is 0. The predicted octanol–water partition coefficient (Wildman–Crippen LogP) is -2.19. The molecule has 0 fully saturated rings. The molecule has 19 heavy (non-hydrogen) atoms. The number of aliphatic imine (C=N–C) groups is 1. The van der Waals surface area contributed by atoms with Crippen molar-refractivity contribution in [2.45, 2.75) is 45.1 Å². The van der Waals surface area contributed by atoms with E-state index in [1.54, 1.807) is 0 Å². The summed E-state index contributed by atoms with van der Waals surface area (Å²) < 4.78 is 0. The van der Waals surface area contributed by atoms with Crippen molar-refractivity contribution in [3.63, 3.8) is 0 Å². The number of allylic oxidation sites excluding steroid dienone is 2. The van der Waals surface area contributed by atoms with Gasteiger partial charge in [0.2, 0.25) is 0 Å². The zero-order valence-corrected chi connectivity index (χ0v) is 14.5. The molecule has 0 amide bonds. The fourth-order valence-corrected chi connectivity index (χ4v) is 1.28. The van der Waals surface area contributed by atoms with Crippen LogP contribution in [0.25, 0.3) is 0 Å². The van der Waals surface area contributed by atoms with Gasteiger partial charge in [-0.2, -0.15) is 0 Å². The minimum absolute atomic E-state index is 0. The van der Waals surface area contributed by atoms with E-state index in [2.05, 4.69) is 4.99 Å². The number of nitrogens with zero attached hydrogens (tertiary/aromatic N) is 1. The van der Waals surface area contributed by atoms with Crippen LogP contribution in [0.15, 0.2) is 17.1 Å². The summed E-state index contributed by atoms with van der Waals surface area (Å²) in [4.78, 5) is 24.6. The first-order chi connectivity index (χ1) is 8.47. The van der Waals surface area contributed by atoms with Gasteiger partial charge in [0.1, 0.15) is 6.04 Å². The molecule has 0 aromatic rings. The van der Waals surface area contributed by atoms with Crippen LogP contribution in [0.5, 0.6) is 0 Å². The Hall–Kier alpha value is -0.214. The van der Waals surface area contributed by atoms with Gasteiger partial charge in [-0.15, -0.1) is 0 Å². The molecule has 0 aromatic carbocycles. The van der Waals surface area contributed by atoms with Crippen LogP contribution in [-0.4, -0.2) is 34.1 Å². The van der Waals surface area contributed by atoms with Crippen molar-refractivity contribution < 1.29 is 76.3 Å². The first-order valence-corrected chi connectivity index (χ1v) is 5.76. The predicted molar refractivity (Wildman–Crippen MR) is 64.4 cm³/mol. The molecule has 0 aliphatic heterocycles. The number of hydrogen-bond acceptors (Lipinski definition) is 4. The second-order valence-corrected chi connectivity index (χ2v) is 3.77. The van der Waals surface area contributed by atoms with Gasteiger partial charge in [0.05, 0.1) is 0 Å². The van der Waals surface area contributed by atoms with E-state index in [0.717, 1.165) is 6.42 Å². The Bertz CT molecular complexity index is 341. The SMILES string of the molecule is C/C=C/CCCC([O-])=N[C@@H](CCC(=O)O)C(=O)O.[K+]. The third-order valence-electron chi connectivity index (χ3n) is 2.21. The van der Waals surface area contributed by atoms with Gasteiger partial charge in [0.25, 0.3) is 0 Å². The van der Waals surface area contributed by atoms with E-state index < -0.39 is 23.9 Å². The summed E-state index contributed by atoms with van der Waals surface area (Å²) in [5, 5.41) is 28.6. The molecule has 6 nitrogen and oxygen atoms in total. The maximum absolute atomic E-state index is 11.4. The molecule has 1 atom stereocenters. The van der Waals surface area contributed by atoms with Crippen molar-refractivity contribution in [3.8, 4) is 0 Å². The number of carbonyl (C=O) groups is 2. The first kappa shape index (κ1) is 21.1. The smallest absolute Gasteiger partial charge is 0.862 e. The molecule has 7 heteroatoms. The van der Waals surface area contributed by atoms with Gasteiger partial charge in [-0.05, 0) is 38.5 Å². The van der Waals surface area contributed by atoms with Crippen LogP contribution in [0.4, 0.5) is 0 Å². The van der Waals surface area contributed by atoms with E-state index in [4.69, 9.17) is 10.2 Å². The first-order valence-electron chi connectivity index (χ1n) is 5.76. The average Bonchev–Trinajstić information content (AvgIpc) is 2.29. The average molecular weight is 295 g/mol. The van der Waals surface area contributed by atoms with Gasteiger partial charge >= 0.3 is 63.3 Å². The zero-order valence-electron chi connectivity index (χ0n) is 11.3. The van der Waals surface area contributed by atoms with Crippen molar-refractivity contribution in [2.24, 2.45) is 4.99 Å². The summed E-state index contributed by atoms with van der Waals surface area (Å²) in [7, 11) is 0. The monoisotopic (exact) mass is 295 g/mol. The number of carboxylic acid groups (broad SMARTS) is 2. The van der Waals surface area contributed by atoms with Crippen LogP contribution < -0.4 is 56.5 Å². The van der Waals surface area contributed by atoms with Gasteiger partial charge in [-0.3, -0.25) is 9.79 Å². The minimum atomic E-state index is -1.27. The largest absolute Gasteiger partial charge is 1.00 e. The van der Waals surface area contributed by atoms with E-state index in [-0.39, 0.29) is 70.6 Å². The van der Waals surface area contributed by atoms with E-state index in [9.17, 15) is 14.7 Å². The Morgan fingerprint density at radius 1 is 1.32 bits per heavy atom. The van der Waals surface area contributed by atoms with Gasteiger partial charge < -0.3 is 15.3 Å².